The molecule has 2 heterocycles. The van der Waals surface area contributed by atoms with E-state index in [1.165, 1.54) is 5.56 Å². The van der Waals surface area contributed by atoms with Crippen LogP contribution in [0.1, 0.15) is 16.1 Å². The Morgan fingerprint density at radius 3 is 2.93 bits per heavy atom. The summed E-state index contributed by atoms with van der Waals surface area (Å²) in [6, 6.07) is 0. The van der Waals surface area contributed by atoms with Crippen molar-refractivity contribution in [1.82, 2.24) is 19.3 Å². The third-order valence-electron chi connectivity index (χ3n) is 2.19. The normalized spacial score (nSPS) is 10.5. The maximum absolute atomic E-state index is 10.4. The number of hydrogen-bond acceptors (Lipinski definition) is 3. The molecule has 0 saturated carbocycles. The van der Waals surface area contributed by atoms with Crippen molar-refractivity contribution in [3.05, 3.63) is 36.2 Å². The van der Waals surface area contributed by atoms with Crippen LogP contribution in [0.5, 0.6) is 0 Å². The lowest BCUT2D eigenvalue weighted by molar-refractivity contribution is 0.111. The molecule has 0 saturated heterocycles. The Hall–Kier alpha value is -1.91. The summed E-state index contributed by atoms with van der Waals surface area (Å²) in [6.07, 6.45) is 8.88. The minimum Gasteiger partial charge on any atom is -0.336 e. The Bertz CT molecular complexity index is 457. The molecule has 0 fully saturated rings. The van der Waals surface area contributed by atoms with Gasteiger partial charge in [0.1, 0.15) is 5.69 Å². The molecule has 2 aromatic heterocycles. The van der Waals surface area contributed by atoms with Gasteiger partial charge >= 0.3 is 0 Å². The zero-order valence-electron chi connectivity index (χ0n) is 8.50. The third kappa shape index (κ3) is 2.31. The first kappa shape index (κ1) is 9.64. The van der Waals surface area contributed by atoms with E-state index < -0.39 is 0 Å². The summed E-state index contributed by atoms with van der Waals surface area (Å²) < 4.78 is 3.68. The molecule has 78 valence electrons. The van der Waals surface area contributed by atoms with Gasteiger partial charge in [-0.25, -0.2) is 4.98 Å². The summed E-state index contributed by atoms with van der Waals surface area (Å²) >= 11 is 0. The zero-order valence-corrected chi connectivity index (χ0v) is 8.50. The summed E-state index contributed by atoms with van der Waals surface area (Å²) in [5, 5.41) is 4.09. The molecule has 15 heavy (non-hydrogen) atoms. The number of hydrogen-bond donors (Lipinski definition) is 0. The number of nitrogens with zero attached hydrogens (tertiary/aromatic N) is 4. The lowest BCUT2D eigenvalue weighted by Gasteiger charge is -1.98. The lowest BCUT2D eigenvalue weighted by Crippen LogP contribution is -1.97. The summed E-state index contributed by atoms with van der Waals surface area (Å²) in [6.45, 7) is 0.812. The highest BCUT2D eigenvalue weighted by Crippen LogP contribution is 2.01. The van der Waals surface area contributed by atoms with Gasteiger partial charge in [-0.3, -0.25) is 9.48 Å². The van der Waals surface area contributed by atoms with Crippen LogP contribution < -0.4 is 0 Å². The van der Waals surface area contributed by atoms with E-state index in [4.69, 9.17) is 0 Å². The fourth-order valence-electron chi connectivity index (χ4n) is 1.42. The van der Waals surface area contributed by atoms with Gasteiger partial charge in [0.05, 0.1) is 12.5 Å². The van der Waals surface area contributed by atoms with Crippen LogP contribution in [-0.4, -0.2) is 25.6 Å². The molecule has 0 amide bonds. The zero-order chi connectivity index (χ0) is 10.7. The van der Waals surface area contributed by atoms with Crippen molar-refractivity contribution in [1.29, 1.82) is 0 Å². The number of carbonyl (C=O) groups is 1. The largest absolute Gasteiger partial charge is 0.336 e. The predicted molar refractivity (Wildman–Crippen MR) is 54.5 cm³/mol. The summed E-state index contributed by atoms with van der Waals surface area (Å²) in [5.74, 6) is 0. The van der Waals surface area contributed by atoms with Gasteiger partial charge in [0.15, 0.2) is 6.29 Å². The first-order chi connectivity index (χ1) is 7.28. The van der Waals surface area contributed by atoms with Gasteiger partial charge in [0, 0.05) is 26.0 Å². The maximum Gasteiger partial charge on any atom is 0.169 e. The van der Waals surface area contributed by atoms with Crippen molar-refractivity contribution < 1.29 is 4.79 Å². The highest BCUT2D eigenvalue weighted by molar-refractivity contribution is 5.70. The molecule has 0 aliphatic carbocycles. The second-order valence-corrected chi connectivity index (χ2v) is 3.43. The lowest BCUT2D eigenvalue weighted by atomic mass is 10.2. The van der Waals surface area contributed by atoms with Crippen LogP contribution in [0.2, 0.25) is 0 Å². The van der Waals surface area contributed by atoms with Crippen molar-refractivity contribution in [2.75, 3.05) is 0 Å². The van der Waals surface area contributed by atoms with Gasteiger partial charge in [-0.15, -0.1) is 0 Å². The molecule has 5 nitrogen and oxygen atoms in total. The fourth-order valence-corrected chi connectivity index (χ4v) is 1.42. The van der Waals surface area contributed by atoms with Gasteiger partial charge in [-0.05, 0) is 12.0 Å². The number of aryl methyl sites for hydroxylation is 3. The van der Waals surface area contributed by atoms with E-state index in [1.54, 1.807) is 17.2 Å². The molecule has 0 unspecified atom stereocenters. The molecule has 2 aromatic rings. The monoisotopic (exact) mass is 204 g/mol. The van der Waals surface area contributed by atoms with E-state index in [0.717, 1.165) is 19.3 Å². The molecule has 0 aliphatic rings. The topological polar surface area (TPSA) is 52.7 Å². The van der Waals surface area contributed by atoms with Crippen LogP contribution in [0, 0.1) is 0 Å². The van der Waals surface area contributed by atoms with E-state index in [1.807, 2.05) is 24.0 Å². The molecule has 0 N–H and O–H groups in total. The number of imidazole rings is 1. The van der Waals surface area contributed by atoms with Crippen LogP contribution in [0.15, 0.2) is 24.9 Å². The van der Waals surface area contributed by atoms with Crippen molar-refractivity contribution in [3.63, 3.8) is 0 Å². The van der Waals surface area contributed by atoms with Crippen LogP contribution in [0.25, 0.3) is 0 Å². The molecule has 0 spiro atoms. The Morgan fingerprint density at radius 1 is 1.47 bits per heavy atom. The molecule has 0 radical (unpaired) electrons. The van der Waals surface area contributed by atoms with Gasteiger partial charge < -0.3 is 4.57 Å². The minimum absolute atomic E-state index is 0.473. The Labute approximate surface area is 87.4 Å². The minimum atomic E-state index is 0.473. The quantitative estimate of drug-likeness (QED) is 0.688. The van der Waals surface area contributed by atoms with E-state index in [0.29, 0.717) is 5.69 Å². The summed E-state index contributed by atoms with van der Waals surface area (Å²) in [4.78, 5) is 14.3. The second kappa shape index (κ2) is 4.08. The Morgan fingerprint density at radius 2 is 2.33 bits per heavy atom. The van der Waals surface area contributed by atoms with Gasteiger partial charge in [0.25, 0.3) is 0 Å². The van der Waals surface area contributed by atoms with Gasteiger partial charge in [0.2, 0.25) is 0 Å². The van der Waals surface area contributed by atoms with E-state index in [2.05, 4.69) is 10.1 Å². The smallest absolute Gasteiger partial charge is 0.169 e. The van der Waals surface area contributed by atoms with E-state index >= 15 is 0 Å². The Kier molecular flexibility index (Phi) is 2.62. The molecule has 0 atom stereocenters. The van der Waals surface area contributed by atoms with Crippen LogP contribution in [0.4, 0.5) is 0 Å². The number of rotatable bonds is 4. The van der Waals surface area contributed by atoms with E-state index in [-0.39, 0.29) is 0 Å². The van der Waals surface area contributed by atoms with Gasteiger partial charge in [-0.2, -0.15) is 5.10 Å². The third-order valence-corrected chi connectivity index (χ3v) is 2.19. The first-order valence-corrected chi connectivity index (χ1v) is 4.72. The summed E-state index contributed by atoms with van der Waals surface area (Å²) in [5.41, 5.74) is 1.65. The average molecular weight is 204 g/mol. The second-order valence-electron chi connectivity index (χ2n) is 3.43. The molecule has 0 bridgehead atoms. The highest BCUT2D eigenvalue weighted by Gasteiger charge is 1.99. The Balaban J connectivity index is 1.95. The SMILES string of the molecule is Cn1cc(CCn2cnc(C=O)c2)cn1. The fraction of sp³-hybridized carbons (Fsp3) is 0.300. The molecule has 5 heteroatoms. The van der Waals surface area contributed by atoms with Crippen molar-refractivity contribution in [2.45, 2.75) is 13.0 Å². The van der Waals surface area contributed by atoms with Crippen LogP contribution in [0.3, 0.4) is 0 Å². The predicted octanol–water partition coefficient (Wildman–Crippen LogP) is 0.672. The van der Waals surface area contributed by atoms with Crippen LogP contribution in [-0.2, 0) is 20.0 Å². The van der Waals surface area contributed by atoms with Crippen molar-refractivity contribution >= 4 is 6.29 Å². The molecule has 2 rings (SSSR count). The van der Waals surface area contributed by atoms with Gasteiger partial charge in [-0.1, -0.05) is 0 Å². The number of carbonyl (C=O) groups excluding carboxylic acids is 1. The first-order valence-electron chi connectivity index (χ1n) is 4.72. The highest BCUT2D eigenvalue weighted by atomic mass is 16.1. The summed E-state index contributed by atoms with van der Waals surface area (Å²) in [7, 11) is 1.89. The molecular weight excluding hydrogens is 192 g/mol. The average Bonchev–Trinajstić information content (AvgIpc) is 2.83. The maximum atomic E-state index is 10.4. The molecule has 0 aliphatic heterocycles. The van der Waals surface area contributed by atoms with Crippen molar-refractivity contribution in [2.24, 2.45) is 7.05 Å². The standard InChI is InChI=1S/C10H12N4O/c1-13-5-9(4-12-13)2-3-14-6-10(7-15)11-8-14/h4-8H,2-3H2,1H3. The molecular formula is C10H12N4O. The number of aromatic nitrogens is 4. The van der Waals surface area contributed by atoms with Crippen LogP contribution >= 0.6 is 0 Å². The van der Waals surface area contributed by atoms with Crippen molar-refractivity contribution in [3.8, 4) is 0 Å². The molecule has 0 aromatic carbocycles. The van der Waals surface area contributed by atoms with E-state index in [9.17, 15) is 4.79 Å². The number of aldehydes is 1.